The van der Waals surface area contributed by atoms with E-state index in [4.69, 9.17) is 23.2 Å². The summed E-state index contributed by atoms with van der Waals surface area (Å²) in [5.74, 6) is -0.407. The summed E-state index contributed by atoms with van der Waals surface area (Å²) >= 11 is 12.3. The molecule has 1 atom stereocenters. The van der Waals surface area contributed by atoms with E-state index >= 15 is 0 Å². The molecule has 1 heterocycles. The van der Waals surface area contributed by atoms with Gasteiger partial charge in [0.05, 0.1) is 16.1 Å². The number of nitrogens with one attached hydrogen (secondary N) is 2. The van der Waals surface area contributed by atoms with Gasteiger partial charge >= 0.3 is 0 Å². The minimum absolute atomic E-state index is 0. The van der Waals surface area contributed by atoms with Crippen LogP contribution >= 0.6 is 35.6 Å². The summed E-state index contributed by atoms with van der Waals surface area (Å²) in [6, 6.07) is 3.34. The highest BCUT2D eigenvalue weighted by Gasteiger charge is 2.49. The normalized spacial score (nSPS) is 22.0. The molecule has 25 heavy (non-hydrogen) atoms. The molecule has 1 aromatic rings. The molecule has 1 aromatic carbocycles. The van der Waals surface area contributed by atoms with Crippen molar-refractivity contribution in [1.82, 2.24) is 10.6 Å². The van der Waals surface area contributed by atoms with E-state index in [-0.39, 0.29) is 18.4 Å². The molecule has 3 rings (SSSR count). The third kappa shape index (κ3) is 3.65. The molecule has 1 unspecified atom stereocenters. The minimum Gasteiger partial charge on any atom is -0.348 e. The Morgan fingerprint density at radius 3 is 2.52 bits per heavy atom. The fraction of sp³-hybridized carbons (Fsp3) is 0.562. The van der Waals surface area contributed by atoms with Gasteiger partial charge in [-0.05, 0) is 56.0 Å². The van der Waals surface area contributed by atoms with Crippen molar-refractivity contribution >= 4 is 51.4 Å². The smallest absolute Gasteiger partial charge is 0.242 e. The van der Waals surface area contributed by atoms with Gasteiger partial charge in [-0.15, -0.1) is 12.4 Å². The zero-order valence-corrected chi connectivity index (χ0v) is 16.9. The summed E-state index contributed by atoms with van der Waals surface area (Å²) in [5.41, 5.74) is 1.86. The second kappa shape index (κ2) is 7.61. The molecule has 1 aliphatic heterocycles. The Hall–Kier alpha value is -0.530. The average Bonchev–Trinajstić information content (AvgIpc) is 2.94. The lowest BCUT2D eigenvalue weighted by Crippen LogP contribution is -2.57. The standard InChI is InChI=1S/C16H20Cl2N2O3S.ClH/c1-24(22,23)16(6-8-19-9-7-16)15(21)20-13-5-3-11-10(13)2-4-12(17)14(11)18;/h2,4,13,19H,3,5-9H2,1H3,(H,20,21);1H. The maximum Gasteiger partial charge on any atom is 0.242 e. The van der Waals surface area contributed by atoms with Gasteiger partial charge in [0.25, 0.3) is 0 Å². The Morgan fingerprint density at radius 2 is 1.92 bits per heavy atom. The van der Waals surface area contributed by atoms with Crippen LogP contribution < -0.4 is 10.6 Å². The van der Waals surface area contributed by atoms with Crippen molar-refractivity contribution in [1.29, 1.82) is 0 Å². The lowest BCUT2D eigenvalue weighted by molar-refractivity contribution is -0.125. The van der Waals surface area contributed by atoms with E-state index in [2.05, 4.69) is 10.6 Å². The molecule has 2 N–H and O–H groups in total. The largest absolute Gasteiger partial charge is 0.348 e. The van der Waals surface area contributed by atoms with Gasteiger partial charge in [0.15, 0.2) is 14.6 Å². The monoisotopic (exact) mass is 426 g/mol. The predicted octanol–water partition coefficient (Wildman–Crippen LogP) is 2.69. The topological polar surface area (TPSA) is 75.3 Å². The van der Waals surface area contributed by atoms with Gasteiger partial charge in [-0.2, -0.15) is 0 Å². The number of carbonyl (C=O) groups excluding carboxylic acids is 1. The molecule has 0 aromatic heterocycles. The molecule has 140 valence electrons. The Kier molecular flexibility index (Phi) is 6.32. The van der Waals surface area contributed by atoms with Crippen molar-refractivity contribution in [3.8, 4) is 0 Å². The van der Waals surface area contributed by atoms with Gasteiger partial charge in [-0.25, -0.2) is 8.42 Å². The van der Waals surface area contributed by atoms with Crippen LogP contribution in [0.15, 0.2) is 12.1 Å². The third-order valence-electron chi connectivity index (χ3n) is 5.13. The van der Waals surface area contributed by atoms with E-state index in [1.807, 2.05) is 6.07 Å². The molecule has 1 aliphatic carbocycles. The van der Waals surface area contributed by atoms with Crippen LogP contribution in [0.1, 0.15) is 36.4 Å². The first kappa shape index (κ1) is 20.8. The van der Waals surface area contributed by atoms with E-state index in [1.165, 1.54) is 0 Å². The fourth-order valence-corrected chi connectivity index (χ4v) is 5.45. The van der Waals surface area contributed by atoms with Crippen LogP contribution in [0.25, 0.3) is 0 Å². The fourth-order valence-electron chi connectivity index (χ4n) is 3.67. The third-order valence-corrected chi connectivity index (χ3v) is 7.99. The number of piperidine rings is 1. The molecule has 1 fully saturated rings. The summed E-state index contributed by atoms with van der Waals surface area (Å²) in [5, 5.41) is 7.08. The highest BCUT2D eigenvalue weighted by molar-refractivity contribution is 7.92. The molecule has 1 amide bonds. The molecule has 5 nitrogen and oxygen atoms in total. The Balaban J connectivity index is 0.00000225. The maximum absolute atomic E-state index is 12.9. The Labute approximate surface area is 164 Å². The van der Waals surface area contributed by atoms with Crippen LogP contribution in [0.2, 0.25) is 10.0 Å². The molecule has 0 radical (unpaired) electrons. The number of carbonyl (C=O) groups is 1. The zero-order chi connectivity index (χ0) is 17.5. The molecular weight excluding hydrogens is 407 g/mol. The highest BCUT2D eigenvalue weighted by atomic mass is 35.5. The first-order valence-electron chi connectivity index (χ1n) is 7.94. The molecular formula is C16H21Cl3N2O3S. The van der Waals surface area contributed by atoms with E-state index in [0.29, 0.717) is 48.8 Å². The van der Waals surface area contributed by atoms with Gasteiger partial charge in [-0.1, -0.05) is 29.3 Å². The summed E-state index contributed by atoms with van der Waals surface area (Å²) in [7, 11) is -3.52. The van der Waals surface area contributed by atoms with Crippen molar-refractivity contribution < 1.29 is 13.2 Å². The van der Waals surface area contributed by atoms with Crippen LogP contribution in [0, 0.1) is 0 Å². The second-order valence-corrected chi connectivity index (χ2v) is 9.62. The number of hydrogen-bond donors (Lipinski definition) is 2. The maximum atomic E-state index is 12.9. The zero-order valence-electron chi connectivity index (χ0n) is 13.8. The van der Waals surface area contributed by atoms with Crippen LogP contribution in [-0.4, -0.2) is 38.4 Å². The summed E-state index contributed by atoms with van der Waals surface area (Å²) < 4.78 is 23.3. The van der Waals surface area contributed by atoms with Crippen LogP contribution in [0.4, 0.5) is 0 Å². The van der Waals surface area contributed by atoms with Crippen LogP contribution in [0.5, 0.6) is 0 Å². The van der Waals surface area contributed by atoms with Gasteiger partial charge in [0.2, 0.25) is 5.91 Å². The second-order valence-electron chi connectivity index (χ2n) is 6.51. The average molecular weight is 428 g/mol. The summed E-state index contributed by atoms with van der Waals surface area (Å²) in [6.45, 7) is 1.03. The highest BCUT2D eigenvalue weighted by Crippen LogP contribution is 2.40. The number of sulfone groups is 1. The Morgan fingerprint density at radius 1 is 1.28 bits per heavy atom. The van der Waals surface area contributed by atoms with E-state index in [9.17, 15) is 13.2 Å². The van der Waals surface area contributed by atoms with Crippen LogP contribution in [-0.2, 0) is 21.1 Å². The number of hydrogen-bond acceptors (Lipinski definition) is 4. The number of fused-ring (bicyclic) bond motifs is 1. The minimum atomic E-state index is -3.52. The van der Waals surface area contributed by atoms with E-state index in [0.717, 1.165) is 17.4 Å². The molecule has 0 spiro atoms. The SMILES string of the molecule is CS(=O)(=O)C1(C(=O)NC2CCc3c2ccc(Cl)c3Cl)CCNCC1.Cl. The number of rotatable bonds is 3. The van der Waals surface area contributed by atoms with Crippen molar-refractivity contribution in [3.63, 3.8) is 0 Å². The van der Waals surface area contributed by atoms with Gasteiger partial charge in [0.1, 0.15) is 0 Å². The summed E-state index contributed by atoms with van der Waals surface area (Å²) in [4.78, 5) is 12.9. The van der Waals surface area contributed by atoms with Crippen molar-refractivity contribution in [2.75, 3.05) is 19.3 Å². The van der Waals surface area contributed by atoms with Crippen LogP contribution in [0.3, 0.4) is 0 Å². The molecule has 0 bridgehead atoms. The lowest BCUT2D eigenvalue weighted by Gasteiger charge is -2.35. The molecule has 2 aliphatic rings. The number of benzene rings is 1. The first-order valence-corrected chi connectivity index (χ1v) is 10.6. The van der Waals surface area contributed by atoms with Crippen molar-refractivity contribution in [3.05, 3.63) is 33.3 Å². The molecule has 0 saturated carbocycles. The van der Waals surface area contributed by atoms with Crippen molar-refractivity contribution in [2.24, 2.45) is 0 Å². The number of amides is 1. The van der Waals surface area contributed by atoms with Crippen molar-refractivity contribution in [2.45, 2.75) is 36.5 Å². The molecule has 9 heteroatoms. The van der Waals surface area contributed by atoms with Gasteiger partial charge in [0, 0.05) is 6.26 Å². The molecule has 1 saturated heterocycles. The number of halogens is 3. The predicted molar refractivity (Wildman–Crippen MR) is 103 cm³/mol. The van der Waals surface area contributed by atoms with Gasteiger partial charge < -0.3 is 10.6 Å². The summed E-state index contributed by atoms with van der Waals surface area (Å²) in [6.07, 6.45) is 3.14. The van der Waals surface area contributed by atoms with E-state index < -0.39 is 20.5 Å². The first-order chi connectivity index (χ1) is 11.3. The lowest BCUT2D eigenvalue weighted by atomic mass is 9.95. The van der Waals surface area contributed by atoms with Gasteiger partial charge in [-0.3, -0.25) is 4.79 Å². The quantitative estimate of drug-likeness (QED) is 0.778. The Bertz CT molecular complexity index is 777. The van der Waals surface area contributed by atoms with E-state index in [1.54, 1.807) is 6.07 Å².